The first-order valence-electron chi connectivity index (χ1n) is 8.15. The highest BCUT2D eigenvalue weighted by molar-refractivity contribution is 7.98. The molecule has 0 aliphatic carbocycles. The van der Waals surface area contributed by atoms with E-state index in [1.807, 2.05) is 6.26 Å². The quantitative estimate of drug-likeness (QED) is 0.604. The Balaban J connectivity index is 1.98. The van der Waals surface area contributed by atoms with Gasteiger partial charge in [-0.25, -0.2) is 4.79 Å². The number of benzene rings is 1. The number of carboxylic acid groups (broad SMARTS) is 1. The van der Waals surface area contributed by atoms with Crippen LogP contribution in [0.1, 0.15) is 19.3 Å². The fourth-order valence-corrected chi connectivity index (χ4v) is 3.02. The van der Waals surface area contributed by atoms with Gasteiger partial charge in [-0.15, -0.1) is 0 Å². The van der Waals surface area contributed by atoms with Crippen molar-refractivity contribution in [2.24, 2.45) is 0 Å². The summed E-state index contributed by atoms with van der Waals surface area (Å²) in [6.45, 7) is 0.0627. The maximum Gasteiger partial charge on any atom is 0.328 e. The van der Waals surface area contributed by atoms with E-state index in [2.05, 4.69) is 10.3 Å². The topological polar surface area (TPSA) is 124 Å². The van der Waals surface area contributed by atoms with Gasteiger partial charge >= 0.3 is 5.69 Å². The van der Waals surface area contributed by atoms with Gasteiger partial charge < -0.3 is 20.2 Å². The van der Waals surface area contributed by atoms with Crippen molar-refractivity contribution in [1.29, 1.82) is 0 Å². The summed E-state index contributed by atoms with van der Waals surface area (Å²) in [5.41, 5.74) is -0.499. The van der Waals surface area contributed by atoms with E-state index >= 15 is 0 Å². The number of fused-ring (bicyclic) bond motifs is 1. The summed E-state index contributed by atoms with van der Waals surface area (Å²) in [5, 5.41) is 13.8. The van der Waals surface area contributed by atoms with Crippen LogP contribution in [0.3, 0.4) is 0 Å². The molecule has 0 bridgehead atoms. The van der Waals surface area contributed by atoms with Gasteiger partial charge in [-0.1, -0.05) is 12.1 Å². The van der Waals surface area contributed by atoms with Gasteiger partial charge in [-0.2, -0.15) is 11.8 Å². The van der Waals surface area contributed by atoms with Crippen LogP contribution in [-0.2, 0) is 16.1 Å². The Morgan fingerprint density at radius 2 is 2.04 bits per heavy atom. The second kappa shape index (κ2) is 9.23. The van der Waals surface area contributed by atoms with Crippen molar-refractivity contribution in [1.82, 2.24) is 14.9 Å². The zero-order valence-corrected chi connectivity index (χ0v) is 15.1. The number of hydrogen-bond acceptors (Lipinski definition) is 6. The molecular formula is C17H20N3O5S-. The predicted octanol–water partition coefficient (Wildman–Crippen LogP) is -0.542. The number of carbonyl (C=O) groups excluding carboxylic acids is 2. The molecule has 2 aromatic rings. The number of thioether (sulfide) groups is 1. The van der Waals surface area contributed by atoms with Crippen LogP contribution in [0.2, 0.25) is 0 Å². The van der Waals surface area contributed by atoms with Crippen molar-refractivity contribution in [3.8, 4) is 0 Å². The lowest BCUT2D eigenvalue weighted by Crippen LogP contribution is -2.48. The molecule has 1 aromatic heterocycles. The van der Waals surface area contributed by atoms with Crippen LogP contribution < -0.4 is 21.7 Å². The number of para-hydroxylation sites is 1. The lowest BCUT2D eigenvalue weighted by Gasteiger charge is -2.19. The lowest BCUT2D eigenvalue weighted by molar-refractivity contribution is -0.308. The van der Waals surface area contributed by atoms with Gasteiger partial charge in [0.2, 0.25) is 5.91 Å². The minimum Gasteiger partial charge on any atom is -0.548 e. The fourth-order valence-electron chi connectivity index (χ4n) is 2.55. The molecule has 0 spiro atoms. The fraction of sp³-hybridized carbons (Fsp3) is 0.412. The monoisotopic (exact) mass is 378 g/mol. The molecule has 1 aromatic carbocycles. The molecule has 2 rings (SSSR count). The van der Waals surface area contributed by atoms with Crippen molar-refractivity contribution in [3.63, 3.8) is 0 Å². The second-order valence-corrected chi connectivity index (χ2v) is 6.74. The lowest BCUT2D eigenvalue weighted by atomic mass is 10.2. The molecule has 0 aliphatic heterocycles. The number of rotatable bonds is 9. The smallest absolute Gasteiger partial charge is 0.328 e. The summed E-state index contributed by atoms with van der Waals surface area (Å²) < 4.78 is 1.04. The third-order valence-corrected chi connectivity index (χ3v) is 4.55. The summed E-state index contributed by atoms with van der Waals surface area (Å²) in [6, 6.07) is 5.64. The molecule has 1 amide bonds. The average molecular weight is 378 g/mol. The number of carbonyl (C=O) groups is 2. The first-order chi connectivity index (χ1) is 12.4. The van der Waals surface area contributed by atoms with E-state index in [0.717, 1.165) is 4.57 Å². The van der Waals surface area contributed by atoms with Crippen LogP contribution >= 0.6 is 11.8 Å². The maximum atomic E-state index is 12.4. The van der Waals surface area contributed by atoms with Gasteiger partial charge in [0.15, 0.2) is 0 Å². The SMILES string of the molecule is CSCC[C@H](NC(=O)CCCn1c(=O)[nH]c2ccccc2c1=O)C(=O)[O-]. The van der Waals surface area contributed by atoms with Gasteiger partial charge in [0.1, 0.15) is 0 Å². The molecular weight excluding hydrogens is 358 g/mol. The van der Waals surface area contributed by atoms with E-state index in [1.165, 1.54) is 11.8 Å². The van der Waals surface area contributed by atoms with E-state index < -0.39 is 29.2 Å². The summed E-state index contributed by atoms with van der Waals surface area (Å²) in [6.07, 6.45) is 2.35. The molecule has 2 N–H and O–H groups in total. The Hall–Kier alpha value is -2.55. The molecule has 0 aliphatic rings. The first-order valence-corrected chi connectivity index (χ1v) is 9.54. The number of aromatic amines is 1. The molecule has 140 valence electrons. The van der Waals surface area contributed by atoms with E-state index in [4.69, 9.17) is 0 Å². The third-order valence-electron chi connectivity index (χ3n) is 3.91. The number of nitrogens with zero attached hydrogens (tertiary/aromatic N) is 1. The van der Waals surface area contributed by atoms with Gasteiger partial charge in [0.05, 0.1) is 22.9 Å². The van der Waals surface area contributed by atoms with Crippen LogP contribution in [0.5, 0.6) is 0 Å². The average Bonchev–Trinajstić information content (AvgIpc) is 2.61. The first kappa shape index (κ1) is 19.8. The van der Waals surface area contributed by atoms with E-state index in [0.29, 0.717) is 16.7 Å². The molecule has 1 atom stereocenters. The minimum absolute atomic E-state index is 0.00174. The number of aromatic nitrogens is 2. The number of carboxylic acids is 1. The Morgan fingerprint density at radius 3 is 2.73 bits per heavy atom. The molecule has 0 radical (unpaired) electrons. The van der Waals surface area contributed by atoms with Crippen molar-refractivity contribution in [2.75, 3.05) is 12.0 Å². The molecule has 26 heavy (non-hydrogen) atoms. The van der Waals surface area contributed by atoms with Gasteiger partial charge in [-0.05, 0) is 37.0 Å². The third kappa shape index (κ3) is 4.98. The van der Waals surface area contributed by atoms with Crippen molar-refractivity contribution in [3.05, 3.63) is 45.1 Å². The van der Waals surface area contributed by atoms with E-state index in [1.54, 1.807) is 24.3 Å². The normalized spacial score (nSPS) is 12.0. The Morgan fingerprint density at radius 1 is 1.31 bits per heavy atom. The second-order valence-electron chi connectivity index (χ2n) is 5.76. The Kier molecular flexibility index (Phi) is 7.02. The highest BCUT2D eigenvalue weighted by Gasteiger charge is 2.13. The van der Waals surface area contributed by atoms with Crippen LogP contribution in [0.25, 0.3) is 10.9 Å². The predicted molar refractivity (Wildman–Crippen MR) is 98.0 cm³/mol. The summed E-state index contributed by atoms with van der Waals surface area (Å²) in [4.78, 5) is 50.0. The number of nitrogens with one attached hydrogen (secondary N) is 2. The van der Waals surface area contributed by atoms with Crippen LogP contribution in [0, 0.1) is 0 Å². The van der Waals surface area contributed by atoms with Crippen LogP contribution in [-0.4, -0.2) is 39.5 Å². The van der Waals surface area contributed by atoms with Gasteiger partial charge in [-0.3, -0.25) is 14.2 Å². The van der Waals surface area contributed by atoms with Crippen LogP contribution in [0.4, 0.5) is 0 Å². The molecule has 1 heterocycles. The molecule has 0 fully saturated rings. The van der Waals surface area contributed by atoms with Crippen LogP contribution in [0.15, 0.2) is 33.9 Å². The van der Waals surface area contributed by atoms with Crippen molar-refractivity contribution < 1.29 is 14.7 Å². The Bertz CT molecular complexity index is 905. The van der Waals surface area contributed by atoms with Gasteiger partial charge in [0, 0.05) is 13.0 Å². The molecule has 8 nitrogen and oxygen atoms in total. The van der Waals surface area contributed by atoms with Gasteiger partial charge in [0.25, 0.3) is 5.56 Å². The molecule has 0 saturated carbocycles. The molecule has 9 heteroatoms. The summed E-state index contributed by atoms with van der Waals surface area (Å²) in [7, 11) is 0. The number of aliphatic carboxylic acids is 1. The number of hydrogen-bond donors (Lipinski definition) is 2. The number of amides is 1. The highest BCUT2D eigenvalue weighted by Crippen LogP contribution is 2.04. The molecule has 0 unspecified atom stereocenters. The minimum atomic E-state index is -1.32. The zero-order chi connectivity index (χ0) is 19.1. The largest absolute Gasteiger partial charge is 0.548 e. The van der Waals surface area contributed by atoms with E-state index in [9.17, 15) is 24.3 Å². The van der Waals surface area contributed by atoms with E-state index in [-0.39, 0.29) is 25.8 Å². The summed E-state index contributed by atoms with van der Waals surface area (Å²) in [5.74, 6) is -1.19. The highest BCUT2D eigenvalue weighted by atomic mass is 32.2. The maximum absolute atomic E-state index is 12.4. The standard InChI is InChI=1S/C17H21N3O5S/c1-26-10-8-13(16(23)24)18-14(21)7-4-9-20-15(22)11-5-2-3-6-12(11)19-17(20)25/h2-3,5-6,13H,4,7-10H2,1H3,(H,18,21)(H,19,25)(H,23,24)/p-1/t13-/m0/s1. The molecule has 0 saturated heterocycles. The van der Waals surface area contributed by atoms with Crippen molar-refractivity contribution in [2.45, 2.75) is 31.8 Å². The van der Waals surface area contributed by atoms with Crippen molar-refractivity contribution >= 4 is 34.5 Å². The Labute approximate surface area is 153 Å². The zero-order valence-electron chi connectivity index (χ0n) is 14.3. The summed E-state index contributed by atoms with van der Waals surface area (Å²) >= 11 is 1.47. The number of H-pyrrole nitrogens is 1.